The van der Waals surface area contributed by atoms with Gasteiger partial charge in [0.2, 0.25) is 5.91 Å². The molecule has 0 spiro atoms. The summed E-state index contributed by atoms with van der Waals surface area (Å²) in [5.74, 6) is 0.843. The van der Waals surface area contributed by atoms with Gasteiger partial charge in [-0.15, -0.1) is 0 Å². The Morgan fingerprint density at radius 1 is 1.21 bits per heavy atom. The summed E-state index contributed by atoms with van der Waals surface area (Å²) < 4.78 is 5.12. The predicted molar refractivity (Wildman–Crippen MR) is 104 cm³/mol. The van der Waals surface area contributed by atoms with Crippen molar-refractivity contribution in [2.45, 2.75) is 38.8 Å². The van der Waals surface area contributed by atoms with Crippen LogP contribution in [-0.2, 0) is 16.1 Å². The number of carbonyl (C=O) groups excluding carboxylic acids is 3. The first-order chi connectivity index (χ1) is 13.9. The number of amides is 4. The summed E-state index contributed by atoms with van der Waals surface area (Å²) >= 11 is 0. The minimum atomic E-state index is -0.921. The van der Waals surface area contributed by atoms with E-state index < -0.39 is 17.5 Å². The number of nitrogens with zero attached hydrogens (tertiary/aromatic N) is 3. The highest BCUT2D eigenvalue weighted by Gasteiger charge is 2.49. The highest BCUT2D eigenvalue weighted by molar-refractivity contribution is 6.08. The fourth-order valence-electron chi connectivity index (χ4n) is 3.17. The molecule has 4 amide bonds. The fraction of sp³-hybridized carbons (Fsp3) is 0.421. The van der Waals surface area contributed by atoms with E-state index in [1.807, 2.05) is 26.0 Å². The molecule has 3 rings (SSSR count). The molecule has 0 unspecified atom stereocenters. The van der Waals surface area contributed by atoms with Crippen LogP contribution in [0.2, 0.25) is 0 Å². The van der Waals surface area contributed by atoms with Gasteiger partial charge < -0.3 is 15.4 Å². The first-order valence-electron chi connectivity index (χ1n) is 9.39. The van der Waals surface area contributed by atoms with E-state index in [0.29, 0.717) is 24.5 Å². The van der Waals surface area contributed by atoms with Crippen molar-refractivity contribution in [3.8, 4) is 17.1 Å². The summed E-state index contributed by atoms with van der Waals surface area (Å²) in [6, 6.07) is 6.72. The molecule has 2 heterocycles. The van der Waals surface area contributed by atoms with E-state index in [-0.39, 0.29) is 19.0 Å². The maximum Gasteiger partial charge on any atom is 0.325 e. The smallest absolute Gasteiger partial charge is 0.325 e. The third-order valence-electron chi connectivity index (χ3n) is 5.09. The number of H-pyrrole nitrogens is 1. The summed E-state index contributed by atoms with van der Waals surface area (Å²) in [6.45, 7) is 3.41. The van der Waals surface area contributed by atoms with Gasteiger partial charge in [-0.3, -0.25) is 19.6 Å². The third kappa shape index (κ3) is 4.05. The SMILES string of the molecule is CCC1(CC)NC(=O)N(CC(=O)NCc2nc(-c3ccc(OC)cc3)n[nH]2)C1=O. The number of benzene rings is 1. The van der Waals surface area contributed by atoms with Gasteiger partial charge >= 0.3 is 6.03 Å². The van der Waals surface area contributed by atoms with Gasteiger partial charge in [-0.05, 0) is 37.1 Å². The first-order valence-corrected chi connectivity index (χ1v) is 9.39. The summed E-state index contributed by atoms with van der Waals surface area (Å²) in [5.41, 5.74) is -0.121. The molecule has 0 radical (unpaired) electrons. The maximum atomic E-state index is 12.5. The molecule has 1 aromatic carbocycles. The molecule has 10 heteroatoms. The highest BCUT2D eigenvalue weighted by atomic mass is 16.5. The molecule has 2 aromatic rings. The molecule has 1 aliphatic rings. The number of imide groups is 1. The van der Waals surface area contributed by atoms with Crippen LogP contribution >= 0.6 is 0 Å². The fourth-order valence-corrected chi connectivity index (χ4v) is 3.17. The predicted octanol–water partition coefficient (Wildman–Crippen LogP) is 1.21. The van der Waals surface area contributed by atoms with Crippen LogP contribution in [0.4, 0.5) is 4.79 Å². The van der Waals surface area contributed by atoms with Crippen LogP contribution in [-0.4, -0.2) is 57.1 Å². The van der Waals surface area contributed by atoms with Crippen molar-refractivity contribution in [3.63, 3.8) is 0 Å². The van der Waals surface area contributed by atoms with Crippen LogP contribution in [0.5, 0.6) is 5.75 Å². The van der Waals surface area contributed by atoms with Crippen LogP contribution in [0, 0.1) is 0 Å². The molecule has 1 fully saturated rings. The van der Waals surface area contributed by atoms with E-state index in [4.69, 9.17) is 4.74 Å². The molecule has 1 saturated heterocycles. The minimum Gasteiger partial charge on any atom is -0.497 e. The van der Waals surface area contributed by atoms with Crippen molar-refractivity contribution in [2.75, 3.05) is 13.7 Å². The minimum absolute atomic E-state index is 0.0956. The summed E-state index contributed by atoms with van der Waals surface area (Å²) in [5, 5.41) is 12.2. The number of nitrogens with one attached hydrogen (secondary N) is 3. The molecule has 0 bridgehead atoms. The average Bonchev–Trinajstić information content (AvgIpc) is 3.31. The van der Waals surface area contributed by atoms with Crippen LogP contribution in [0.25, 0.3) is 11.4 Å². The Morgan fingerprint density at radius 2 is 1.90 bits per heavy atom. The number of aromatic nitrogens is 3. The van der Waals surface area contributed by atoms with E-state index >= 15 is 0 Å². The monoisotopic (exact) mass is 400 g/mol. The van der Waals surface area contributed by atoms with Gasteiger partial charge in [0.25, 0.3) is 5.91 Å². The Bertz CT molecular complexity index is 904. The van der Waals surface area contributed by atoms with Gasteiger partial charge in [0, 0.05) is 5.56 Å². The summed E-state index contributed by atoms with van der Waals surface area (Å²) in [4.78, 5) is 42.2. The lowest BCUT2D eigenvalue weighted by atomic mass is 9.93. The van der Waals surface area contributed by atoms with Gasteiger partial charge in [0.05, 0.1) is 13.7 Å². The Kier molecular flexibility index (Phi) is 5.81. The first kappa shape index (κ1) is 20.3. The Balaban J connectivity index is 1.57. The molecular formula is C19H24N6O4. The van der Waals surface area contributed by atoms with Crippen LogP contribution in [0.1, 0.15) is 32.5 Å². The summed E-state index contributed by atoms with van der Waals surface area (Å²) in [6.07, 6.45) is 0.941. The molecule has 154 valence electrons. The average molecular weight is 400 g/mol. The molecule has 10 nitrogen and oxygen atoms in total. The van der Waals surface area contributed by atoms with Crippen LogP contribution in [0.3, 0.4) is 0 Å². The molecule has 1 aliphatic heterocycles. The normalized spacial score (nSPS) is 15.3. The van der Waals surface area contributed by atoms with Crippen LogP contribution in [0.15, 0.2) is 24.3 Å². The van der Waals surface area contributed by atoms with Gasteiger partial charge in [0.1, 0.15) is 23.7 Å². The number of urea groups is 1. The lowest BCUT2D eigenvalue weighted by Gasteiger charge is -2.22. The quantitative estimate of drug-likeness (QED) is 0.571. The second-order valence-corrected chi connectivity index (χ2v) is 6.72. The number of aromatic amines is 1. The van der Waals surface area contributed by atoms with Crippen LogP contribution < -0.4 is 15.4 Å². The molecule has 0 saturated carbocycles. The zero-order valence-electron chi connectivity index (χ0n) is 16.6. The van der Waals surface area contributed by atoms with Gasteiger partial charge in [-0.1, -0.05) is 13.8 Å². The molecule has 0 atom stereocenters. The van der Waals surface area contributed by atoms with E-state index in [9.17, 15) is 14.4 Å². The largest absolute Gasteiger partial charge is 0.497 e. The lowest BCUT2D eigenvalue weighted by Crippen LogP contribution is -2.46. The number of carbonyl (C=O) groups is 3. The highest BCUT2D eigenvalue weighted by Crippen LogP contribution is 2.24. The number of hydrogen-bond donors (Lipinski definition) is 3. The van der Waals surface area contributed by atoms with Crippen molar-refractivity contribution < 1.29 is 19.1 Å². The van der Waals surface area contributed by atoms with Gasteiger partial charge in [-0.25, -0.2) is 9.78 Å². The number of ether oxygens (including phenoxy) is 1. The Hall–Kier alpha value is -3.43. The Labute approximate surface area is 168 Å². The molecular weight excluding hydrogens is 376 g/mol. The van der Waals surface area contributed by atoms with Gasteiger partial charge in [0.15, 0.2) is 5.82 Å². The number of rotatable bonds is 8. The second-order valence-electron chi connectivity index (χ2n) is 6.72. The van der Waals surface area contributed by atoms with Crippen molar-refractivity contribution in [1.82, 2.24) is 30.7 Å². The second kappa shape index (κ2) is 8.29. The standard InChI is InChI=1S/C19H24N6O4/c1-4-19(5-2)17(27)25(18(28)22-19)11-15(26)20-10-14-21-16(24-23-14)12-6-8-13(29-3)9-7-12/h6-9H,4-5,10-11H2,1-3H3,(H,20,26)(H,22,28)(H,21,23,24). The lowest BCUT2D eigenvalue weighted by molar-refractivity contribution is -0.135. The van der Waals surface area contributed by atoms with E-state index in [1.54, 1.807) is 19.2 Å². The molecule has 1 aromatic heterocycles. The van der Waals surface area contributed by atoms with Crippen molar-refractivity contribution in [2.24, 2.45) is 0 Å². The number of methoxy groups -OCH3 is 1. The third-order valence-corrected chi connectivity index (χ3v) is 5.09. The number of hydrogen-bond acceptors (Lipinski definition) is 6. The topological polar surface area (TPSA) is 129 Å². The maximum absolute atomic E-state index is 12.5. The van der Waals surface area contributed by atoms with Crippen molar-refractivity contribution >= 4 is 17.8 Å². The zero-order chi connectivity index (χ0) is 21.0. The van der Waals surface area contributed by atoms with E-state index in [0.717, 1.165) is 16.2 Å². The van der Waals surface area contributed by atoms with Crippen molar-refractivity contribution in [3.05, 3.63) is 30.1 Å². The summed E-state index contributed by atoms with van der Waals surface area (Å²) in [7, 11) is 1.59. The molecule has 3 N–H and O–H groups in total. The Morgan fingerprint density at radius 3 is 2.48 bits per heavy atom. The zero-order valence-corrected chi connectivity index (χ0v) is 16.6. The molecule has 0 aliphatic carbocycles. The van der Waals surface area contributed by atoms with Gasteiger partial charge in [-0.2, -0.15) is 5.10 Å². The van der Waals surface area contributed by atoms with E-state index in [1.165, 1.54) is 0 Å². The van der Waals surface area contributed by atoms with Crippen molar-refractivity contribution in [1.29, 1.82) is 0 Å². The van der Waals surface area contributed by atoms with E-state index in [2.05, 4.69) is 25.8 Å². The molecule has 29 heavy (non-hydrogen) atoms.